The lowest BCUT2D eigenvalue weighted by atomic mass is 10.0. The summed E-state index contributed by atoms with van der Waals surface area (Å²) in [4.78, 5) is 14.9. The minimum Gasteiger partial charge on any atom is -0.344 e. The van der Waals surface area contributed by atoms with E-state index in [1.807, 2.05) is 0 Å². The Kier molecular flexibility index (Phi) is 3.00. The Morgan fingerprint density at radius 3 is 2.47 bits per heavy atom. The van der Waals surface area contributed by atoms with Crippen molar-refractivity contribution in [3.63, 3.8) is 0 Å². The summed E-state index contributed by atoms with van der Waals surface area (Å²) in [5.41, 5.74) is -0.819. The maximum absolute atomic E-state index is 8.71. The molecule has 1 spiro atoms. The number of ether oxygens (including phenoxy) is 1. The van der Waals surface area contributed by atoms with E-state index in [-0.39, 0.29) is 0 Å². The summed E-state index contributed by atoms with van der Waals surface area (Å²) in [5.74, 6) is -0.540. The molecule has 0 radical (unpaired) electrons. The molecule has 1 atom stereocenters. The molecule has 0 aromatic carbocycles. The van der Waals surface area contributed by atoms with Gasteiger partial charge in [-0.2, -0.15) is 0 Å². The molecule has 0 amide bonds. The van der Waals surface area contributed by atoms with Gasteiger partial charge in [0.25, 0.3) is 0 Å². The first-order valence-electron chi connectivity index (χ1n) is 5.39. The predicted octanol–water partition coefficient (Wildman–Crippen LogP) is 1.87. The van der Waals surface area contributed by atoms with Crippen molar-refractivity contribution in [2.75, 3.05) is 6.61 Å². The second-order valence-electron chi connectivity index (χ2n) is 4.79. The molecule has 1 saturated carbocycles. The van der Waals surface area contributed by atoms with Crippen LogP contribution >= 0.6 is 0 Å². The lowest BCUT2D eigenvalue weighted by Gasteiger charge is -2.40. The summed E-state index contributed by atoms with van der Waals surface area (Å²) in [6, 6.07) is 0. The monoisotopic (exact) mass is 218 g/mol. The van der Waals surface area contributed by atoms with E-state index in [1.54, 1.807) is 13.8 Å². The van der Waals surface area contributed by atoms with Crippen molar-refractivity contribution in [1.82, 2.24) is 0 Å². The molecule has 1 heterocycles. The molecule has 15 heavy (non-hydrogen) atoms. The van der Waals surface area contributed by atoms with Gasteiger partial charge in [0.1, 0.15) is 11.7 Å². The molecule has 1 unspecified atom stereocenters. The molecule has 2 fully saturated rings. The molecule has 5 nitrogen and oxygen atoms in total. The van der Waals surface area contributed by atoms with E-state index in [4.69, 9.17) is 19.8 Å². The topological polar surface area (TPSA) is 57.2 Å². The van der Waals surface area contributed by atoms with Crippen LogP contribution in [0.15, 0.2) is 0 Å². The van der Waals surface area contributed by atoms with E-state index in [2.05, 4.69) is 4.89 Å². The minimum absolute atomic E-state index is 0.383. The summed E-state index contributed by atoms with van der Waals surface area (Å²) < 4.78 is 5.69. The number of rotatable bonds is 2. The molecule has 88 valence electrons. The zero-order chi connectivity index (χ0) is 10.9. The van der Waals surface area contributed by atoms with Crippen molar-refractivity contribution in [2.24, 2.45) is 0 Å². The average Bonchev–Trinajstić information content (AvgIpc) is 2.67. The van der Waals surface area contributed by atoms with Crippen molar-refractivity contribution in [3.8, 4) is 0 Å². The quantitative estimate of drug-likeness (QED) is 0.566. The van der Waals surface area contributed by atoms with Crippen LogP contribution in [0, 0.1) is 0 Å². The highest BCUT2D eigenvalue weighted by atomic mass is 17.2. The summed E-state index contributed by atoms with van der Waals surface area (Å²) >= 11 is 0. The molecule has 0 bridgehead atoms. The summed E-state index contributed by atoms with van der Waals surface area (Å²) in [5, 5.41) is 8.71. The molecular weight excluding hydrogens is 200 g/mol. The van der Waals surface area contributed by atoms with Crippen molar-refractivity contribution >= 4 is 0 Å². The van der Waals surface area contributed by atoms with Gasteiger partial charge in [0, 0.05) is 12.8 Å². The lowest BCUT2D eigenvalue weighted by Crippen LogP contribution is -2.52. The normalized spacial score (nSPS) is 31.0. The fourth-order valence-corrected chi connectivity index (χ4v) is 1.94. The van der Waals surface area contributed by atoms with Gasteiger partial charge in [-0.15, -0.1) is 0 Å². The third-order valence-corrected chi connectivity index (χ3v) is 3.19. The van der Waals surface area contributed by atoms with Crippen LogP contribution in [0.4, 0.5) is 0 Å². The third kappa shape index (κ3) is 2.16. The zero-order valence-corrected chi connectivity index (χ0v) is 9.19. The Labute approximate surface area is 89.1 Å². The van der Waals surface area contributed by atoms with Gasteiger partial charge in [-0.3, -0.25) is 5.26 Å². The standard InChI is InChI=1S/C10H18O5/c1-9(2,14-11)8-7-12-10(15-13-8)5-3-4-6-10/h8,11H,3-7H2,1-2H3. The van der Waals surface area contributed by atoms with Crippen LogP contribution in [0.5, 0.6) is 0 Å². The van der Waals surface area contributed by atoms with Crippen molar-refractivity contribution in [3.05, 3.63) is 0 Å². The van der Waals surface area contributed by atoms with Gasteiger partial charge in [-0.1, -0.05) is 0 Å². The highest BCUT2D eigenvalue weighted by Crippen LogP contribution is 2.38. The maximum Gasteiger partial charge on any atom is 0.201 e. The molecule has 5 heteroatoms. The first-order valence-corrected chi connectivity index (χ1v) is 5.39. The fraction of sp³-hybridized carbons (Fsp3) is 1.00. The Bertz CT molecular complexity index is 212. The highest BCUT2D eigenvalue weighted by Gasteiger charge is 2.46. The van der Waals surface area contributed by atoms with Gasteiger partial charge in [0.05, 0.1) is 6.61 Å². The molecule has 0 aromatic heterocycles. The molecular formula is C10H18O5. The van der Waals surface area contributed by atoms with Gasteiger partial charge < -0.3 is 4.74 Å². The van der Waals surface area contributed by atoms with Gasteiger partial charge >= 0.3 is 0 Å². The maximum atomic E-state index is 8.71. The second kappa shape index (κ2) is 3.99. The summed E-state index contributed by atoms with van der Waals surface area (Å²) in [7, 11) is 0. The molecule has 1 N–H and O–H groups in total. The van der Waals surface area contributed by atoms with E-state index in [9.17, 15) is 0 Å². The lowest BCUT2D eigenvalue weighted by molar-refractivity contribution is -0.509. The fourth-order valence-electron chi connectivity index (χ4n) is 1.94. The van der Waals surface area contributed by atoms with Crippen molar-refractivity contribution < 1.29 is 24.7 Å². The van der Waals surface area contributed by atoms with Gasteiger partial charge in [0.2, 0.25) is 5.79 Å². The summed E-state index contributed by atoms with van der Waals surface area (Å²) in [6.07, 6.45) is 3.55. The second-order valence-corrected chi connectivity index (χ2v) is 4.79. The molecule has 2 aliphatic rings. The summed E-state index contributed by atoms with van der Waals surface area (Å²) in [6.45, 7) is 3.82. The minimum atomic E-state index is -0.819. The van der Waals surface area contributed by atoms with Crippen LogP contribution in [0.3, 0.4) is 0 Å². The Balaban J connectivity index is 1.91. The van der Waals surface area contributed by atoms with E-state index in [1.165, 1.54) is 0 Å². The third-order valence-electron chi connectivity index (χ3n) is 3.19. The first kappa shape index (κ1) is 11.3. The van der Waals surface area contributed by atoms with Gasteiger partial charge in [-0.05, 0) is 26.7 Å². The van der Waals surface area contributed by atoms with Crippen LogP contribution < -0.4 is 0 Å². The van der Waals surface area contributed by atoms with E-state index in [0.29, 0.717) is 6.61 Å². The molecule has 2 rings (SSSR count). The van der Waals surface area contributed by atoms with Crippen LogP contribution in [-0.4, -0.2) is 29.4 Å². The Morgan fingerprint density at radius 2 is 2.00 bits per heavy atom. The van der Waals surface area contributed by atoms with Crippen molar-refractivity contribution in [2.45, 2.75) is 57.0 Å². The van der Waals surface area contributed by atoms with Crippen LogP contribution in [-0.2, 0) is 19.4 Å². The SMILES string of the molecule is CC(C)(OO)C1COC2(CCCC2)OO1. The van der Waals surface area contributed by atoms with E-state index in [0.717, 1.165) is 25.7 Å². The highest BCUT2D eigenvalue weighted by molar-refractivity contribution is 4.84. The largest absolute Gasteiger partial charge is 0.344 e. The predicted molar refractivity (Wildman–Crippen MR) is 50.9 cm³/mol. The molecule has 1 aliphatic carbocycles. The van der Waals surface area contributed by atoms with Crippen molar-refractivity contribution in [1.29, 1.82) is 0 Å². The van der Waals surface area contributed by atoms with Crippen LogP contribution in [0.2, 0.25) is 0 Å². The average molecular weight is 218 g/mol. The van der Waals surface area contributed by atoms with E-state index < -0.39 is 17.5 Å². The van der Waals surface area contributed by atoms with E-state index >= 15 is 0 Å². The van der Waals surface area contributed by atoms with Gasteiger partial charge in [0.15, 0.2) is 0 Å². The molecule has 1 aliphatic heterocycles. The number of hydrogen-bond donors (Lipinski definition) is 1. The van der Waals surface area contributed by atoms with Crippen LogP contribution in [0.1, 0.15) is 39.5 Å². The molecule has 1 saturated heterocycles. The first-order chi connectivity index (χ1) is 7.08. The zero-order valence-electron chi connectivity index (χ0n) is 9.19. The smallest absolute Gasteiger partial charge is 0.201 e. The van der Waals surface area contributed by atoms with Gasteiger partial charge in [-0.25, -0.2) is 14.7 Å². The van der Waals surface area contributed by atoms with Crippen LogP contribution in [0.25, 0.3) is 0 Å². The number of hydrogen-bond acceptors (Lipinski definition) is 5. The Hall–Kier alpha value is -0.200. The molecule has 0 aromatic rings. The Morgan fingerprint density at radius 1 is 1.33 bits per heavy atom.